The van der Waals surface area contributed by atoms with Gasteiger partial charge in [-0.2, -0.15) is 0 Å². The molecule has 1 rings (SSSR count). The van der Waals surface area contributed by atoms with Gasteiger partial charge in [0.15, 0.2) is 0 Å². The minimum atomic E-state index is 0.161. The normalized spacial score (nSPS) is 27.4. The van der Waals surface area contributed by atoms with Gasteiger partial charge in [-0.15, -0.1) is 0 Å². The molecule has 1 saturated heterocycles. The van der Waals surface area contributed by atoms with Crippen LogP contribution in [0.15, 0.2) is 0 Å². The SMILES string of the molecule is COC1(C)CN(C)C1. The van der Waals surface area contributed by atoms with E-state index in [1.807, 2.05) is 0 Å². The molecule has 0 unspecified atom stereocenters. The van der Waals surface area contributed by atoms with E-state index in [0.29, 0.717) is 0 Å². The average Bonchev–Trinajstić information content (AvgIpc) is 1.63. The Morgan fingerprint density at radius 2 is 2.00 bits per heavy atom. The zero-order valence-electron chi connectivity index (χ0n) is 5.77. The van der Waals surface area contributed by atoms with E-state index >= 15 is 0 Å². The number of nitrogens with zero attached hydrogens (tertiary/aromatic N) is 1. The van der Waals surface area contributed by atoms with Crippen LogP contribution in [0.25, 0.3) is 0 Å². The number of likely N-dealkylation sites (tertiary alicyclic amines) is 1. The zero-order valence-corrected chi connectivity index (χ0v) is 5.77. The Bertz CT molecular complexity index is 86.5. The molecule has 0 aromatic rings. The molecule has 0 aliphatic carbocycles. The summed E-state index contributed by atoms with van der Waals surface area (Å²) < 4.78 is 5.20. The van der Waals surface area contributed by atoms with E-state index in [0.717, 1.165) is 13.1 Å². The Balaban J connectivity index is 2.30. The van der Waals surface area contributed by atoms with Gasteiger partial charge in [-0.25, -0.2) is 0 Å². The molecule has 8 heavy (non-hydrogen) atoms. The van der Waals surface area contributed by atoms with Crippen LogP contribution in [0.1, 0.15) is 6.92 Å². The number of hydrogen-bond donors (Lipinski definition) is 0. The van der Waals surface area contributed by atoms with Crippen molar-refractivity contribution in [3.05, 3.63) is 0 Å². The summed E-state index contributed by atoms with van der Waals surface area (Å²) in [5, 5.41) is 0. The van der Waals surface area contributed by atoms with E-state index in [4.69, 9.17) is 4.74 Å². The van der Waals surface area contributed by atoms with Gasteiger partial charge in [-0.1, -0.05) is 0 Å². The molecule has 0 amide bonds. The lowest BCUT2D eigenvalue weighted by Crippen LogP contribution is -2.58. The quantitative estimate of drug-likeness (QED) is 0.488. The summed E-state index contributed by atoms with van der Waals surface area (Å²) in [5.41, 5.74) is 0.161. The highest BCUT2D eigenvalue weighted by atomic mass is 16.5. The van der Waals surface area contributed by atoms with E-state index in [1.165, 1.54) is 0 Å². The molecule has 0 bridgehead atoms. The molecule has 0 saturated carbocycles. The van der Waals surface area contributed by atoms with Crippen LogP contribution in [0, 0.1) is 0 Å². The van der Waals surface area contributed by atoms with Crippen molar-refractivity contribution in [2.45, 2.75) is 12.5 Å². The summed E-state index contributed by atoms with van der Waals surface area (Å²) in [4.78, 5) is 2.24. The molecular weight excluding hydrogens is 102 g/mol. The van der Waals surface area contributed by atoms with Crippen LogP contribution in [0.4, 0.5) is 0 Å². The van der Waals surface area contributed by atoms with Gasteiger partial charge in [0.25, 0.3) is 0 Å². The second-order valence-corrected chi connectivity index (χ2v) is 2.83. The summed E-state index contributed by atoms with van der Waals surface area (Å²) in [7, 11) is 3.87. The Labute approximate surface area is 50.4 Å². The smallest absolute Gasteiger partial charge is 0.0902 e. The fourth-order valence-electron chi connectivity index (χ4n) is 1.22. The molecular formula is C6H13NO. The molecule has 1 aliphatic heterocycles. The predicted octanol–water partition coefficient (Wildman–Crippen LogP) is 0.337. The van der Waals surface area contributed by atoms with Crippen molar-refractivity contribution < 1.29 is 4.74 Å². The Morgan fingerprint density at radius 3 is 2.12 bits per heavy atom. The fourth-order valence-corrected chi connectivity index (χ4v) is 1.22. The molecule has 0 spiro atoms. The van der Waals surface area contributed by atoms with Crippen molar-refractivity contribution in [2.75, 3.05) is 27.2 Å². The van der Waals surface area contributed by atoms with Gasteiger partial charge in [-0.05, 0) is 14.0 Å². The second-order valence-electron chi connectivity index (χ2n) is 2.83. The Kier molecular flexibility index (Phi) is 1.29. The van der Waals surface area contributed by atoms with E-state index in [1.54, 1.807) is 7.11 Å². The van der Waals surface area contributed by atoms with Crippen molar-refractivity contribution in [1.82, 2.24) is 4.90 Å². The summed E-state index contributed by atoms with van der Waals surface area (Å²) in [6.45, 7) is 4.28. The van der Waals surface area contributed by atoms with E-state index in [9.17, 15) is 0 Å². The molecule has 1 aliphatic rings. The summed E-state index contributed by atoms with van der Waals surface area (Å²) in [6.07, 6.45) is 0. The fraction of sp³-hybridized carbons (Fsp3) is 1.00. The molecule has 1 heterocycles. The average molecular weight is 115 g/mol. The van der Waals surface area contributed by atoms with Gasteiger partial charge in [0.05, 0.1) is 5.60 Å². The van der Waals surface area contributed by atoms with Gasteiger partial charge in [0.1, 0.15) is 0 Å². The first-order chi connectivity index (χ1) is 3.66. The van der Waals surface area contributed by atoms with Crippen LogP contribution < -0.4 is 0 Å². The number of hydrogen-bond acceptors (Lipinski definition) is 2. The second kappa shape index (κ2) is 1.71. The first kappa shape index (κ1) is 6.05. The first-order valence-electron chi connectivity index (χ1n) is 2.90. The molecule has 2 heteroatoms. The molecule has 0 atom stereocenters. The standard InChI is InChI=1S/C6H13NO/c1-6(8-3)4-7(2)5-6/h4-5H2,1-3H3. The molecule has 48 valence electrons. The van der Waals surface area contributed by atoms with Crippen LogP contribution in [0.2, 0.25) is 0 Å². The number of ether oxygens (including phenoxy) is 1. The lowest BCUT2D eigenvalue weighted by molar-refractivity contribution is -0.100. The highest BCUT2D eigenvalue weighted by Gasteiger charge is 2.35. The highest BCUT2D eigenvalue weighted by molar-refractivity contribution is 4.90. The van der Waals surface area contributed by atoms with E-state index < -0.39 is 0 Å². The van der Waals surface area contributed by atoms with Crippen LogP contribution in [0.3, 0.4) is 0 Å². The summed E-state index contributed by atoms with van der Waals surface area (Å²) >= 11 is 0. The number of methoxy groups -OCH3 is 1. The number of rotatable bonds is 1. The monoisotopic (exact) mass is 115 g/mol. The van der Waals surface area contributed by atoms with Crippen LogP contribution in [-0.4, -0.2) is 37.7 Å². The molecule has 2 nitrogen and oxygen atoms in total. The van der Waals surface area contributed by atoms with Gasteiger partial charge >= 0.3 is 0 Å². The topological polar surface area (TPSA) is 12.5 Å². The third-order valence-electron chi connectivity index (χ3n) is 1.70. The maximum atomic E-state index is 5.20. The molecule has 0 N–H and O–H groups in total. The van der Waals surface area contributed by atoms with Crippen molar-refractivity contribution in [3.63, 3.8) is 0 Å². The predicted molar refractivity (Wildman–Crippen MR) is 32.9 cm³/mol. The minimum absolute atomic E-state index is 0.161. The van der Waals surface area contributed by atoms with Crippen molar-refractivity contribution in [1.29, 1.82) is 0 Å². The van der Waals surface area contributed by atoms with Crippen molar-refractivity contribution >= 4 is 0 Å². The zero-order chi connectivity index (χ0) is 6.20. The van der Waals surface area contributed by atoms with Crippen LogP contribution in [-0.2, 0) is 4.74 Å². The third kappa shape index (κ3) is 0.858. The lowest BCUT2D eigenvalue weighted by atomic mass is 9.98. The van der Waals surface area contributed by atoms with Gasteiger partial charge in [-0.3, -0.25) is 0 Å². The first-order valence-corrected chi connectivity index (χ1v) is 2.90. The number of likely N-dealkylation sites (N-methyl/N-ethyl adjacent to an activating group) is 1. The maximum absolute atomic E-state index is 5.20. The van der Waals surface area contributed by atoms with E-state index in [-0.39, 0.29) is 5.60 Å². The molecule has 0 radical (unpaired) electrons. The van der Waals surface area contributed by atoms with Crippen molar-refractivity contribution in [2.24, 2.45) is 0 Å². The molecule has 0 aromatic carbocycles. The van der Waals surface area contributed by atoms with Crippen LogP contribution >= 0.6 is 0 Å². The summed E-state index contributed by atoms with van der Waals surface area (Å²) in [6, 6.07) is 0. The lowest BCUT2D eigenvalue weighted by Gasteiger charge is -2.44. The summed E-state index contributed by atoms with van der Waals surface area (Å²) in [5.74, 6) is 0. The molecule has 1 fully saturated rings. The molecule has 0 aromatic heterocycles. The van der Waals surface area contributed by atoms with Crippen LogP contribution in [0.5, 0.6) is 0 Å². The highest BCUT2D eigenvalue weighted by Crippen LogP contribution is 2.20. The van der Waals surface area contributed by atoms with Crippen molar-refractivity contribution in [3.8, 4) is 0 Å². The van der Waals surface area contributed by atoms with Gasteiger partial charge in [0, 0.05) is 20.2 Å². The maximum Gasteiger partial charge on any atom is 0.0902 e. The van der Waals surface area contributed by atoms with Gasteiger partial charge in [0.2, 0.25) is 0 Å². The third-order valence-corrected chi connectivity index (χ3v) is 1.70. The largest absolute Gasteiger partial charge is 0.376 e. The van der Waals surface area contributed by atoms with E-state index in [2.05, 4.69) is 18.9 Å². The Morgan fingerprint density at radius 1 is 1.50 bits per heavy atom. The Hall–Kier alpha value is -0.0800. The minimum Gasteiger partial charge on any atom is -0.376 e. The van der Waals surface area contributed by atoms with Gasteiger partial charge < -0.3 is 9.64 Å².